The molecule has 3 rings (SSSR count). The minimum atomic E-state index is -1.15. The van der Waals surface area contributed by atoms with Gasteiger partial charge in [0.05, 0.1) is 30.6 Å². The number of hydrogen-bond donors (Lipinski definition) is 3. The molecule has 1 unspecified atom stereocenters. The highest BCUT2D eigenvalue weighted by molar-refractivity contribution is 14.1. The van der Waals surface area contributed by atoms with Gasteiger partial charge in [0, 0.05) is 35.0 Å². The summed E-state index contributed by atoms with van der Waals surface area (Å²) in [4.78, 5) is 19.7. The number of carbonyl (C=O) groups is 1. The second-order valence-corrected chi connectivity index (χ2v) is 8.45. The number of benzene rings is 2. The Morgan fingerprint density at radius 1 is 1.23 bits per heavy atom. The zero-order valence-electron chi connectivity index (χ0n) is 17.0. The topological polar surface area (TPSA) is 83.1 Å². The molecule has 7 nitrogen and oxygen atoms in total. The van der Waals surface area contributed by atoms with Crippen LogP contribution in [0.5, 0.6) is 0 Å². The van der Waals surface area contributed by atoms with Gasteiger partial charge in [0.15, 0.2) is 11.6 Å². The van der Waals surface area contributed by atoms with Gasteiger partial charge in [-0.15, -0.1) is 0 Å². The zero-order chi connectivity index (χ0) is 22.4. The molecule has 1 heterocycles. The zero-order valence-corrected chi connectivity index (χ0v) is 19.1. The Labute approximate surface area is 192 Å². The van der Waals surface area contributed by atoms with Crippen molar-refractivity contribution in [2.24, 2.45) is 0 Å². The van der Waals surface area contributed by atoms with Gasteiger partial charge in [-0.2, -0.15) is 0 Å². The van der Waals surface area contributed by atoms with Crippen LogP contribution in [-0.4, -0.2) is 61.5 Å². The molecule has 0 aromatic heterocycles. The lowest BCUT2D eigenvalue weighted by Crippen LogP contribution is -2.42. The summed E-state index contributed by atoms with van der Waals surface area (Å²) in [5.41, 5.74) is 3.70. The maximum absolute atomic E-state index is 13.8. The normalized spacial score (nSPS) is 15.5. The van der Waals surface area contributed by atoms with E-state index in [1.807, 2.05) is 24.0 Å². The lowest BCUT2D eigenvalue weighted by atomic mass is 10.1. The third kappa shape index (κ3) is 6.81. The van der Waals surface area contributed by atoms with Gasteiger partial charge in [0.1, 0.15) is 6.61 Å². The summed E-state index contributed by atoms with van der Waals surface area (Å²) in [6.07, 6.45) is -0.824. The van der Waals surface area contributed by atoms with Crippen molar-refractivity contribution < 1.29 is 28.3 Å². The lowest BCUT2D eigenvalue weighted by molar-refractivity contribution is -0.0362. The van der Waals surface area contributed by atoms with Crippen LogP contribution in [-0.2, 0) is 9.57 Å². The molecule has 1 aliphatic rings. The molecule has 0 bridgehead atoms. The van der Waals surface area contributed by atoms with E-state index in [2.05, 4.69) is 33.4 Å². The van der Waals surface area contributed by atoms with Gasteiger partial charge < -0.3 is 15.2 Å². The number of nitrogens with zero attached hydrogens (tertiary/aromatic N) is 1. The van der Waals surface area contributed by atoms with Crippen molar-refractivity contribution in [3.05, 3.63) is 56.7 Å². The first-order chi connectivity index (χ1) is 14.8. The maximum Gasteiger partial charge on any atom is 0.277 e. The smallest absolute Gasteiger partial charge is 0.277 e. The summed E-state index contributed by atoms with van der Waals surface area (Å²) in [6.45, 7) is 4.74. The first kappa shape index (κ1) is 23.8. The van der Waals surface area contributed by atoms with Gasteiger partial charge in [0.2, 0.25) is 0 Å². The number of aliphatic hydroxyl groups excluding tert-OH is 1. The number of nitrogens with one attached hydrogen (secondary N) is 2. The molecule has 1 amide bonds. The van der Waals surface area contributed by atoms with E-state index in [0.29, 0.717) is 38.5 Å². The molecule has 10 heteroatoms. The van der Waals surface area contributed by atoms with E-state index in [1.165, 1.54) is 0 Å². The van der Waals surface area contributed by atoms with E-state index in [9.17, 15) is 18.7 Å². The van der Waals surface area contributed by atoms with Crippen LogP contribution in [0.25, 0.3) is 0 Å². The van der Waals surface area contributed by atoms with Crippen molar-refractivity contribution in [2.45, 2.75) is 13.0 Å². The number of morpholine rings is 1. The average molecular weight is 547 g/mol. The molecule has 31 heavy (non-hydrogen) atoms. The molecule has 1 aliphatic heterocycles. The van der Waals surface area contributed by atoms with Crippen LogP contribution in [0.15, 0.2) is 30.3 Å². The van der Waals surface area contributed by atoms with Crippen molar-refractivity contribution >= 4 is 39.9 Å². The number of β-amino-alcohol motifs (C(OH)–C–C–N with tert-alkyl or cyclic N) is 1. The van der Waals surface area contributed by atoms with E-state index in [0.717, 1.165) is 21.3 Å². The van der Waals surface area contributed by atoms with Crippen molar-refractivity contribution in [3.8, 4) is 0 Å². The number of rotatable bonds is 8. The SMILES string of the molecule is Cc1cc(I)ccc1Nc1cc(F)c(F)cc1C(=O)NOCC(O)CN1CCOCC1. The van der Waals surface area contributed by atoms with Crippen LogP contribution in [0.2, 0.25) is 0 Å². The molecule has 0 aliphatic carbocycles. The van der Waals surface area contributed by atoms with Crippen LogP contribution in [0.4, 0.5) is 20.2 Å². The Kier molecular flexibility index (Phi) is 8.55. The van der Waals surface area contributed by atoms with Gasteiger partial charge in [-0.1, -0.05) is 0 Å². The maximum atomic E-state index is 13.8. The number of halogens is 3. The van der Waals surface area contributed by atoms with Gasteiger partial charge in [-0.25, -0.2) is 14.3 Å². The fourth-order valence-electron chi connectivity index (χ4n) is 3.14. The highest BCUT2D eigenvalue weighted by Gasteiger charge is 2.19. The summed E-state index contributed by atoms with van der Waals surface area (Å²) in [6, 6.07) is 7.30. The number of ether oxygens (including phenoxy) is 1. The molecular weight excluding hydrogens is 523 g/mol. The number of aliphatic hydroxyl groups is 1. The fraction of sp³-hybridized carbons (Fsp3) is 0.381. The number of amides is 1. The number of aryl methyl sites for hydroxylation is 1. The Morgan fingerprint density at radius 3 is 2.65 bits per heavy atom. The standard InChI is InChI=1S/C21H24F2IN3O4/c1-13-8-14(24)2-3-19(13)25-20-10-18(23)17(22)9-16(20)21(29)26-31-12-15(28)11-27-4-6-30-7-5-27/h2-3,8-10,15,25,28H,4-7,11-12H2,1H3,(H,26,29). The largest absolute Gasteiger partial charge is 0.389 e. The van der Waals surface area contributed by atoms with Gasteiger partial charge in [0.25, 0.3) is 5.91 Å². The molecule has 0 radical (unpaired) electrons. The van der Waals surface area contributed by atoms with Crippen LogP contribution in [0.3, 0.4) is 0 Å². The van der Waals surface area contributed by atoms with Crippen molar-refractivity contribution in [2.75, 3.05) is 44.8 Å². The number of carbonyl (C=O) groups excluding carboxylic acids is 1. The summed E-state index contributed by atoms with van der Waals surface area (Å²) in [5.74, 6) is -2.99. The molecule has 2 aromatic carbocycles. The first-order valence-corrected chi connectivity index (χ1v) is 10.8. The molecule has 0 saturated carbocycles. The molecular formula is C21H24F2IN3O4. The molecule has 3 N–H and O–H groups in total. The molecule has 2 aromatic rings. The number of hydroxylamine groups is 1. The molecule has 1 saturated heterocycles. The third-order valence-corrected chi connectivity index (χ3v) is 5.45. The van der Waals surface area contributed by atoms with Crippen LogP contribution < -0.4 is 10.8 Å². The Morgan fingerprint density at radius 2 is 1.94 bits per heavy atom. The highest BCUT2D eigenvalue weighted by Crippen LogP contribution is 2.27. The lowest BCUT2D eigenvalue weighted by Gasteiger charge is -2.28. The van der Waals surface area contributed by atoms with Gasteiger partial charge in [-0.05, 0) is 59.3 Å². The molecule has 1 atom stereocenters. The van der Waals surface area contributed by atoms with Crippen molar-refractivity contribution in [3.63, 3.8) is 0 Å². The second kappa shape index (κ2) is 11.1. The predicted octanol–water partition coefficient (Wildman–Crippen LogP) is 2.98. The fourth-order valence-corrected chi connectivity index (χ4v) is 3.79. The van der Waals surface area contributed by atoms with Crippen LogP contribution in [0, 0.1) is 22.1 Å². The molecule has 168 valence electrons. The third-order valence-electron chi connectivity index (χ3n) is 4.78. The average Bonchev–Trinajstić information content (AvgIpc) is 2.73. The summed E-state index contributed by atoms with van der Waals surface area (Å²) in [5, 5.41) is 13.1. The monoisotopic (exact) mass is 547 g/mol. The highest BCUT2D eigenvalue weighted by atomic mass is 127. The predicted molar refractivity (Wildman–Crippen MR) is 120 cm³/mol. The first-order valence-electron chi connectivity index (χ1n) is 9.76. The minimum absolute atomic E-state index is 0.0955. The molecule has 0 spiro atoms. The van der Waals surface area contributed by atoms with E-state index < -0.39 is 23.6 Å². The van der Waals surface area contributed by atoms with Crippen LogP contribution >= 0.6 is 22.6 Å². The Balaban J connectivity index is 1.63. The molecule has 1 fully saturated rings. The van der Waals surface area contributed by atoms with E-state index in [-0.39, 0.29) is 17.9 Å². The van der Waals surface area contributed by atoms with Gasteiger partial charge >= 0.3 is 0 Å². The summed E-state index contributed by atoms with van der Waals surface area (Å²) >= 11 is 2.17. The van der Waals surface area contributed by atoms with E-state index in [1.54, 1.807) is 6.07 Å². The minimum Gasteiger partial charge on any atom is -0.389 e. The van der Waals surface area contributed by atoms with E-state index in [4.69, 9.17) is 9.57 Å². The Bertz CT molecular complexity index is 926. The quantitative estimate of drug-likeness (QED) is 0.349. The number of anilines is 2. The van der Waals surface area contributed by atoms with Gasteiger partial charge in [-0.3, -0.25) is 14.5 Å². The van der Waals surface area contributed by atoms with Crippen molar-refractivity contribution in [1.82, 2.24) is 10.4 Å². The second-order valence-electron chi connectivity index (χ2n) is 7.21. The Hall–Kier alpha value is -1.86. The summed E-state index contributed by atoms with van der Waals surface area (Å²) in [7, 11) is 0. The van der Waals surface area contributed by atoms with Crippen LogP contribution in [0.1, 0.15) is 15.9 Å². The van der Waals surface area contributed by atoms with E-state index >= 15 is 0 Å². The summed E-state index contributed by atoms with van der Waals surface area (Å²) < 4.78 is 33.9. The number of hydrogen-bond acceptors (Lipinski definition) is 6. The van der Waals surface area contributed by atoms with Crippen molar-refractivity contribution in [1.29, 1.82) is 0 Å².